The number of hydrogen-bond donors (Lipinski definition) is 0. The topological polar surface area (TPSA) is 26.3 Å². The zero-order valence-electron chi connectivity index (χ0n) is 10.2. The summed E-state index contributed by atoms with van der Waals surface area (Å²) in [5.74, 6) is 0.409. The van der Waals surface area contributed by atoms with Crippen molar-refractivity contribution in [1.29, 1.82) is 0 Å². The number of carbonyl (C=O) groups excluding carboxylic acids is 1. The van der Waals surface area contributed by atoms with Gasteiger partial charge in [0.05, 0.1) is 0 Å². The van der Waals surface area contributed by atoms with Crippen molar-refractivity contribution < 1.29 is 9.53 Å². The molecule has 0 heterocycles. The summed E-state index contributed by atoms with van der Waals surface area (Å²) in [5, 5.41) is 0. The van der Waals surface area contributed by atoms with Gasteiger partial charge in [0.15, 0.2) is 0 Å². The minimum absolute atomic E-state index is 0.117. The van der Waals surface area contributed by atoms with E-state index in [0.29, 0.717) is 5.92 Å². The van der Waals surface area contributed by atoms with Crippen LogP contribution in [0.1, 0.15) is 58.3 Å². The second-order valence-electron chi connectivity index (χ2n) is 5.06. The molecule has 0 bridgehead atoms. The Morgan fingerprint density at radius 3 is 2.75 bits per heavy atom. The Balaban J connectivity index is 2.03. The zero-order chi connectivity index (χ0) is 11.4. The molecule has 0 aromatic carbocycles. The van der Waals surface area contributed by atoms with Crippen LogP contribution in [0.5, 0.6) is 0 Å². The summed E-state index contributed by atoms with van der Waals surface area (Å²) < 4.78 is 5.48. The number of hydrogen-bond acceptors (Lipinski definition) is 2. The van der Waals surface area contributed by atoms with E-state index in [1.165, 1.54) is 51.9 Å². The maximum absolute atomic E-state index is 11.1. The van der Waals surface area contributed by atoms with Gasteiger partial charge in [0, 0.05) is 12.8 Å². The average Bonchev–Trinajstić information content (AvgIpc) is 2.30. The highest BCUT2D eigenvalue weighted by atomic mass is 16.5. The number of allylic oxidation sites excluding steroid dienone is 1. The van der Waals surface area contributed by atoms with E-state index < -0.39 is 0 Å². The Hall–Kier alpha value is -0.790. The van der Waals surface area contributed by atoms with Gasteiger partial charge in [-0.05, 0) is 44.9 Å². The molecule has 2 heteroatoms. The Labute approximate surface area is 98.1 Å². The summed E-state index contributed by atoms with van der Waals surface area (Å²) in [6.07, 6.45) is 12.4. The minimum Gasteiger partial charge on any atom is -0.462 e. The summed E-state index contributed by atoms with van der Waals surface area (Å²) in [5.41, 5.74) is 1.57. The normalized spacial score (nSPS) is 30.7. The predicted molar refractivity (Wildman–Crippen MR) is 64.1 cm³/mol. The Kier molecular flexibility index (Phi) is 4.03. The molecule has 1 fully saturated rings. The maximum Gasteiger partial charge on any atom is 0.302 e. The van der Waals surface area contributed by atoms with Crippen LogP contribution < -0.4 is 0 Å². The molecular weight excluding hydrogens is 200 g/mol. The molecule has 2 atom stereocenters. The second-order valence-corrected chi connectivity index (χ2v) is 5.06. The molecule has 16 heavy (non-hydrogen) atoms. The summed E-state index contributed by atoms with van der Waals surface area (Å²) >= 11 is 0. The number of esters is 1. The minimum atomic E-state index is -0.117. The van der Waals surface area contributed by atoms with E-state index in [4.69, 9.17) is 4.74 Å². The molecule has 2 nitrogen and oxygen atoms in total. The Bertz CT molecular complexity index is 280. The van der Waals surface area contributed by atoms with Crippen molar-refractivity contribution in [3.63, 3.8) is 0 Å². The molecule has 0 saturated heterocycles. The SMILES string of the molecule is CC(=O)OC1CCCCC1C1=CCCCC1. The third-order valence-corrected chi connectivity index (χ3v) is 3.82. The average molecular weight is 222 g/mol. The zero-order valence-corrected chi connectivity index (χ0v) is 10.2. The monoisotopic (exact) mass is 222 g/mol. The number of carbonyl (C=O) groups is 1. The molecule has 0 amide bonds. The molecule has 2 rings (SSSR count). The lowest BCUT2D eigenvalue weighted by Crippen LogP contribution is -2.31. The first-order valence-corrected chi connectivity index (χ1v) is 6.63. The van der Waals surface area contributed by atoms with Gasteiger partial charge in [-0.2, -0.15) is 0 Å². The first-order chi connectivity index (χ1) is 7.77. The van der Waals surface area contributed by atoms with Crippen molar-refractivity contribution in [2.75, 3.05) is 0 Å². The molecule has 0 aromatic rings. The lowest BCUT2D eigenvalue weighted by atomic mass is 9.78. The largest absolute Gasteiger partial charge is 0.462 e. The van der Waals surface area contributed by atoms with Gasteiger partial charge in [0.2, 0.25) is 0 Å². The van der Waals surface area contributed by atoms with Gasteiger partial charge in [0.1, 0.15) is 6.10 Å². The summed E-state index contributed by atoms with van der Waals surface area (Å²) in [6, 6.07) is 0. The molecule has 2 aliphatic rings. The molecule has 0 aromatic heterocycles. The van der Waals surface area contributed by atoms with Crippen LogP contribution in [0.3, 0.4) is 0 Å². The van der Waals surface area contributed by atoms with Gasteiger partial charge < -0.3 is 4.74 Å². The van der Waals surface area contributed by atoms with Crippen LogP contribution in [0, 0.1) is 5.92 Å². The number of rotatable bonds is 2. The fourth-order valence-electron chi connectivity index (χ4n) is 3.07. The van der Waals surface area contributed by atoms with Crippen LogP contribution in [0.25, 0.3) is 0 Å². The first kappa shape index (κ1) is 11.7. The van der Waals surface area contributed by atoms with Gasteiger partial charge in [-0.3, -0.25) is 4.79 Å². The van der Waals surface area contributed by atoms with Crippen LogP contribution >= 0.6 is 0 Å². The lowest BCUT2D eigenvalue weighted by Gasteiger charge is -2.33. The Morgan fingerprint density at radius 2 is 2.06 bits per heavy atom. The van der Waals surface area contributed by atoms with E-state index in [0.717, 1.165) is 6.42 Å². The van der Waals surface area contributed by atoms with Crippen molar-refractivity contribution in [3.05, 3.63) is 11.6 Å². The van der Waals surface area contributed by atoms with Gasteiger partial charge in [-0.25, -0.2) is 0 Å². The second kappa shape index (κ2) is 5.51. The summed E-state index contributed by atoms with van der Waals surface area (Å²) in [7, 11) is 0. The van der Waals surface area contributed by atoms with Crippen molar-refractivity contribution in [3.8, 4) is 0 Å². The molecule has 1 saturated carbocycles. The highest BCUT2D eigenvalue weighted by Gasteiger charge is 2.30. The molecule has 2 aliphatic carbocycles. The van der Waals surface area contributed by atoms with Crippen molar-refractivity contribution >= 4 is 5.97 Å². The fraction of sp³-hybridized carbons (Fsp3) is 0.786. The van der Waals surface area contributed by atoms with Crippen molar-refractivity contribution in [1.82, 2.24) is 0 Å². The molecule has 0 N–H and O–H groups in total. The van der Waals surface area contributed by atoms with Gasteiger partial charge in [-0.1, -0.05) is 18.1 Å². The van der Waals surface area contributed by atoms with E-state index in [-0.39, 0.29) is 12.1 Å². The standard InChI is InChI=1S/C14H22O2/c1-11(15)16-14-10-6-5-9-13(14)12-7-3-2-4-8-12/h7,13-14H,2-6,8-10H2,1H3. The first-order valence-electron chi connectivity index (χ1n) is 6.63. The Morgan fingerprint density at radius 1 is 1.25 bits per heavy atom. The highest BCUT2D eigenvalue weighted by molar-refractivity contribution is 5.66. The molecular formula is C14H22O2. The molecule has 2 unspecified atom stereocenters. The van der Waals surface area contributed by atoms with Crippen molar-refractivity contribution in [2.45, 2.75) is 64.4 Å². The van der Waals surface area contributed by atoms with Gasteiger partial charge in [-0.15, -0.1) is 0 Å². The van der Waals surface area contributed by atoms with E-state index in [1.807, 2.05) is 0 Å². The van der Waals surface area contributed by atoms with Crippen LogP contribution in [0.4, 0.5) is 0 Å². The summed E-state index contributed by atoms with van der Waals surface area (Å²) in [6.45, 7) is 1.53. The highest BCUT2D eigenvalue weighted by Crippen LogP contribution is 2.36. The third kappa shape index (κ3) is 2.87. The van der Waals surface area contributed by atoms with Gasteiger partial charge in [0.25, 0.3) is 0 Å². The van der Waals surface area contributed by atoms with Crippen LogP contribution in [-0.4, -0.2) is 12.1 Å². The molecule has 90 valence electrons. The predicted octanol–water partition coefficient (Wildman–Crippen LogP) is 3.61. The summed E-state index contributed by atoms with van der Waals surface area (Å²) in [4.78, 5) is 11.1. The lowest BCUT2D eigenvalue weighted by molar-refractivity contribution is -0.149. The number of ether oxygens (including phenoxy) is 1. The van der Waals surface area contributed by atoms with Crippen LogP contribution in [0.2, 0.25) is 0 Å². The van der Waals surface area contributed by atoms with E-state index in [9.17, 15) is 4.79 Å². The van der Waals surface area contributed by atoms with Gasteiger partial charge >= 0.3 is 5.97 Å². The quantitative estimate of drug-likeness (QED) is 0.527. The van der Waals surface area contributed by atoms with Crippen LogP contribution in [-0.2, 0) is 9.53 Å². The smallest absolute Gasteiger partial charge is 0.302 e. The fourth-order valence-corrected chi connectivity index (χ4v) is 3.07. The third-order valence-electron chi connectivity index (χ3n) is 3.82. The molecule has 0 radical (unpaired) electrons. The van der Waals surface area contributed by atoms with Crippen molar-refractivity contribution in [2.24, 2.45) is 5.92 Å². The van der Waals surface area contributed by atoms with E-state index >= 15 is 0 Å². The van der Waals surface area contributed by atoms with E-state index in [1.54, 1.807) is 5.57 Å². The van der Waals surface area contributed by atoms with E-state index in [2.05, 4.69) is 6.08 Å². The van der Waals surface area contributed by atoms with Crippen LogP contribution in [0.15, 0.2) is 11.6 Å². The molecule has 0 spiro atoms. The molecule has 0 aliphatic heterocycles. The maximum atomic E-state index is 11.1.